The van der Waals surface area contributed by atoms with Crippen molar-refractivity contribution in [2.24, 2.45) is 0 Å². The van der Waals surface area contributed by atoms with Gasteiger partial charge in [-0.1, -0.05) is 115 Å². The number of para-hydroxylation sites is 1. The first kappa shape index (κ1) is 24.7. The van der Waals surface area contributed by atoms with E-state index in [2.05, 4.69) is 181 Å². The van der Waals surface area contributed by atoms with E-state index in [0.717, 1.165) is 17.1 Å². The molecule has 41 heavy (non-hydrogen) atoms. The Balaban J connectivity index is 1.21. The number of anilines is 5. The number of hydrogen-bond donors (Lipinski definition) is 0. The van der Waals surface area contributed by atoms with Gasteiger partial charge in [0.2, 0.25) is 0 Å². The fourth-order valence-electron chi connectivity index (χ4n) is 5.73. The summed E-state index contributed by atoms with van der Waals surface area (Å²) in [6.45, 7) is 0. The molecule has 7 aromatic rings. The van der Waals surface area contributed by atoms with Gasteiger partial charge in [-0.25, -0.2) is 0 Å². The highest BCUT2D eigenvalue weighted by Gasteiger charge is 2.15. The van der Waals surface area contributed by atoms with Crippen molar-refractivity contribution >= 4 is 50.0 Å². The van der Waals surface area contributed by atoms with Crippen molar-refractivity contribution in [3.8, 4) is 11.1 Å². The lowest BCUT2D eigenvalue weighted by molar-refractivity contribution is 1.22. The first-order valence-electron chi connectivity index (χ1n) is 14.0. The minimum absolute atomic E-state index is 1.13. The van der Waals surface area contributed by atoms with Crippen LogP contribution in [0.15, 0.2) is 164 Å². The van der Waals surface area contributed by atoms with E-state index in [4.69, 9.17) is 0 Å². The number of nitrogens with zero attached hydrogens (tertiary/aromatic N) is 2. The van der Waals surface area contributed by atoms with Gasteiger partial charge in [-0.05, 0) is 70.4 Å². The number of benzene rings is 7. The van der Waals surface area contributed by atoms with Crippen LogP contribution in [0.25, 0.3) is 32.7 Å². The summed E-state index contributed by atoms with van der Waals surface area (Å²) in [5, 5.41) is 4.97. The van der Waals surface area contributed by atoms with Crippen molar-refractivity contribution < 1.29 is 0 Å². The van der Waals surface area contributed by atoms with Crippen LogP contribution in [0.5, 0.6) is 0 Å². The Kier molecular flexibility index (Phi) is 6.42. The van der Waals surface area contributed by atoms with Crippen LogP contribution in [0, 0.1) is 0 Å². The lowest BCUT2D eigenvalue weighted by atomic mass is 10.0. The van der Waals surface area contributed by atoms with Crippen LogP contribution < -0.4 is 9.80 Å². The molecule has 0 aromatic heterocycles. The van der Waals surface area contributed by atoms with E-state index in [9.17, 15) is 0 Å². The zero-order valence-corrected chi connectivity index (χ0v) is 23.0. The molecule has 2 heteroatoms. The standard InChI is InChI=1S/C39H30N2/c1-40(38-19-9-13-31-11-5-7-17-36(31)38)33-25-21-29(22-26-33)30-23-27-35(28-24-30)41(34-15-3-2-4-16-34)39-20-10-14-32-12-6-8-18-37(32)39/h2-28H,1H3. The number of rotatable bonds is 6. The maximum atomic E-state index is 2.34. The highest BCUT2D eigenvalue weighted by Crippen LogP contribution is 2.39. The highest BCUT2D eigenvalue weighted by molar-refractivity contribution is 5.99. The van der Waals surface area contributed by atoms with E-state index in [1.807, 2.05) is 0 Å². The molecule has 0 aliphatic heterocycles. The lowest BCUT2D eigenvalue weighted by Crippen LogP contribution is -2.10. The third kappa shape index (κ3) is 4.70. The fourth-order valence-corrected chi connectivity index (χ4v) is 5.73. The average molecular weight is 527 g/mol. The molecule has 196 valence electrons. The molecule has 0 saturated carbocycles. The van der Waals surface area contributed by atoms with Crippen molar-refractivity contribution in [3.05, 3.63) is 164 Å². The molecule has 0 aliphatic carbocycles. The van der Waals surface area contributed by atoms with Crippen LogP contribution in [-0.4, -0.2) is 7.05 Å². The second kappa shape index (κ2) is 10.7. The van der Waals surface area contributed by atoms with Crippen molar-refractivity contribution in [3.63, 3.8) is 0 Å². The summed E-state index contributed by atoms with van der Waals surface area (Å²) >= 11 is 0. The van der Waals surface area contributed by atoms with E-state index < -0.39 is 0 Å². The fraction of sp³-hybridized carbons (Fsp3) is 0.0256. The van der Waals surface area contributed by atoms with Gasteiger partial charge in [0.25, 0.3) is 0 Å². The van der Waals surface area contributed by atoms with Gasteiger partial charge in [0, 0.05) is 40.6 Å². The van der Waals surface area contributed by atoms with Crippen LogP contribution in [0.3, 0.4) is 0 Å². The minimum atomic E-state index is 1.13. The first-order valence-corrected chi connectivity index (χ1v) is 14.0. The summed E-state index contributed by atoms with van der Waals surface area (Å²) in [5.41, 5.74) is 8.19. The molecule has 0 radical (unpaired) electrons. The summed E-state index contributed by atoms with van der Waals surface area (Å²) in [4.78, 5) is 4.60. The molecule has 0 unspecified atom stereocenters. The van der Waals surface area contributed by atoms with E-state index in [1.165, 1.54) is 44.0 Å². The van der Waals surface area contributed by atoms with Crippen LogP contribution >= 0.6 is 0 Å². The van der Waals surface area contributed by atoms with Gasteiger partial charge < -0.3 is 9.80 Å². The van der Waals surface area contributed by atoms with Crippen molar-refractivity contribution in [1.29, 1.82) is 0 Å². The monoisotopic (exact) mass is 526 g/mol. The van der Waals surface area contributed by atoms with E-state index >= 15 is 0 Å². The topological polar surface area (TPSA) is 6.48 Å². The minimum Gasteiger partial charge on any atom is -0.344 e. The maximum Gasteiger partial charge on any atom is 0.0540 e. The number of hydrogen-bond acceptors (Lipinski definition) is 2. The zero-order chi connectivity index (χ0) is 27.6. The molecule has 7 aromatic carbocycles. The highest BCUT2D eigenvalue weighted by atomic mass is 15.1. The molecule has 0 saturated heterocycles. The van der Waals surface area contributed by atoms with Gasteiger partial charge in [-0.3, -0.25) is 0 Å². The molecule has 0 heterocycles. The van der Waals surface area contributed by atoms with Gasteiger partial charge in [0.05, 0.1) is 5.69 Å². The number of fused-ring (bicyclic) bond motifs is 2. The summed E-state index contributed by atoms with van der Waals surface area (Å²) < 4.78 is 0. The zero-order valence-electron chi connectivity index (χ0n) is 23.0. The molecular formula is C39H30N2. The normalized spacial score (nSPS) is 11.0. The summed E-state index contributed by atoms with van der Waals surface area (Å²) in [6.07, 6.45) is 0. The largest absolute Gasteiger partial charge is 0.344 e. The van der Waals surface area contributed by atoms with E-state index in [0.29, 0.717) is 0 Å². The SMILES string of the molecule is CN(c1ccc(-c2ccc(N(c3ccccc3)c3cccc4ccccc34)cc2)cc1)c1cccc2ccccc12. The van der Waals surface area contributed by atoms with Crippen LogP contribution in [-0.2, 0) is 0 Å². The van der Waals surface area contributed by atoms with Crippen LogP contribution in [0.4, 0.5) is 28.4 Å². The Labute approximate surface area is 241 Å². The third-order valence-corrected chi connectivity index (χ3v) is 7.86. The summed E-state index contributed by atoms with van der Waals surface area (Å²) in [5.74, 6) is 0. The molecule has 7 rings (SSSR count). The summed E-state index contributed by atoms with van der Waals surface area (Å²) in [6, 6.07) is 58.4. The molecule has 0 fully saturated rings. The second-order valence-electron chi connectivity index (χ2n) is 10.3. The van der Waals surface area contributed by atoms with Crippen LogP contribution in [0.2, 0.25) is 0 Å². The second-order valence-corrected chi connectivity index (χ2v) is 10.3. The molecule has 0 bridgehead atoms. The van der Waals surface area contributed by atoms with Crippen LogP contribution in [0.1, 0.15) is 0 Å². The summed E-state index contributed by atoms with van der Waals surface area (Å²) in [7, 11) is 2.14. The molecule has 0 atom stereocenters. The average Bonchev–Trinajstić information content (AvgIpc) is 3.05. The molecular weight excluding hydrogens is 496 g/mol. The lowest BCUT2D eigenvalue weighted by Gasteiger charge is -2.27. The van der Waals surface area contributed by atoms with E-state index in [-0.39, 0.29) is 0 Å². The van der Waals surface area contributed by atoms with Gasteiger partial charge in [-0.15, -0.1) is 0 Å². The Hall–Kier alpha value is -5.34. The molecule has 2 nitrogen and oxygen atoms in total. The Bertz CT molecular complexity index is 1930. The van der Waals surface area contributed by atoms with E-state index in [1.54, 1.807) is 0 Å². The molecule has 0 N–H and O–H groups in total. The maximum absolute atomic E-state index is 2.34. The quantitative estimate of drug-likeness (QED) is 0.213. The van der Waals surface area contributed by atoms with Crippen molar-refractivity contribution in [2.75, 3.05) is 16.8 Å². The molecule has 0 aliphatic rings. The van der Waals surface area contributed by atoms with Crippen molar-refractivity contribution in [2.45, 2.75) is 0 Å². The van der Waals surface area contributed by atoms with Gasteiger partial charge in [-0.2, -0.15) is 0 Å². The van der Waals surface area contributed by atoms with Gasteiger partial charge in [0.1, 0.15) is 0 Å². The smallest absolute Gasteiger partial charge is 0.0540 e. The van der Waals surface area contributed by atoms with Crippen molar-refractivity contribution in [1.82, 2.24) is 0 Å². The third-order valence-electron chi connectivity index (χ3n) is 7.86. The predicted octanol–water partition coefficient (Wildman–Crippen LogP) is 10.9. The van der Waals surface area contributed by atoms with Gasteiger partial charge in [0.15, 0.2) is 0 Å². The Morgan fingerprint density at radius 3 is 1.39 bits per heavy atom. The Morgan fingerprint density at radius 2 is 0.780 bits per heavy atom. The predicted molar refractivity (Wildman–Crippen MR) is 176 cm³/mol. The molecule has 0 amide bonds. The first-order chi connectivity index (χ1) is 20.3. The van der Waals surface area contributed by atoms with Gasteiger partial charge >= 0.3 is 0 Å². The molecule has 0 spiro atoms. The Morgan fingerprint density at radius 1 is 0.341 bits per heavy atom.